The van der Waals surface area contributed by atoms with Gasteiger partial charge in [0.15, 0.2) is 6.10 Å². The molecule has 0 bridgehead atoms. The number of hydrogen-bond donors (Lipinski definition) is 1. The number of amides is 1. The number of rotatable bonds is 5. The zero-order valence-electron chi connectivity index (χ0n) is 15.5. The van der Waals surface area contributed by atoms with Gasteiger partial charge in [-0.25, -0.2) is 4.79 Å². The van der Waals surface area contributed by atoms with E-state index in [9.17, 15) is 9.59 Å². The molecule has 3 aromatic carbocycles. The average molecular weight is 363 g/mol. The lowest BCUT2D eigenvalue weighted by atomic mass is 10.1. The fraction of sp³-hybridized carbons (Fsp3) is 0.182. The van der Waals surface area contributed by atoms with Crippen LogP contribution in [-0.4, -0.2) is 25.1 Å². The summed E-state index contributed by atoms with van der Waals surface area (Å²) in [5.74, 6) is -0.370. The molecule has 0 fully saturated rings. The van der Waals surface area contributed by atoms with Crippen molar-refractivity contribution < 1.29 is 19.1 Å². The van der Waals surface area contributed by atoms with Crippen molar-refractivity contribution in [3.8, 4) is 5.75 Å². The lowest BCUT2D eigenvalue weighted by Crippen LogP contribution is -2.30. The van der Waals surface area contributed by atoms with E-state index in [0.29, 0.717) is 17.0 Å². The molecular formula is C22H21NO4. The third kappa shape index (κ3) is 4.08. The van der Waals surface area contributed by atoms with Gasteiger partial charge in [0.05, 0.1) is 12.7 Å². The zero-order chi connectivity index (χ0) is 19.4. The molecular weight excluding hydrogens is 342 g/mol. The number of fused-ring (bicyclic) bond motifs is 1. The van der Waals surface area contributed by atoms with Crippen LogP contribution in [0.25, 0.3) is 10.8 Å². The number of methoxy groups -OCH3 is 1. The standard InChI is InChI=1S/C22H21NO4/c1-14-11-12-17(13-20(14)26-3)22(25)27-15(2)21(24)23-19-10-6-8-16-7-4-5-9-18(16)19/h4-13,15H,1-3H3,(H,23,24)/t15-/m0/s1. The van der Waals surface area contributed by atoms with Crippen LogP contribution in [0.2, 0.25) is 0 Å². The summed E-state index contributed by atoms with van der Waals surface area (Å²) in [4.78, 5) is 24.8. The summed E-state index contributed by atoms with van der Waals surface area (Å²) in [6, 6.07) is 18.4. The van der Waals surface area contributed by atoms with Gasteiger partial charge in [-0.05, 0) is 43.0 Å². The average Bonchev–Trinajstić information content (AvgIpc) is 2.68. The predicted molar refractivity (Wildman–Crippen MR) is 105 cm³/mol. The molecule has 27 heavy (non-hydrogen) atoms. The minimum absolute atomic E-state index is 0.335. The summed E-state index contributed by atoms with van der Waals surface area (Å²) < 4.78 is 10.5. The Morgan fingerprint density at radius 1 is 1.00 bits per heavy atom. The van der Waals surface area contributed by atoms with E-state index >= 15 is 0 Å². The zero-order valence-corrected chi connectivity index (χ0v) is 15.5. The highest BCUT2D eigenvalue weighted by molar-refractivity contribution is 6.04. The summed E-state index contributed by atoms with van der Waals surface area (Å²) in [6.45, 7) is 3.43. The van der Waals surface area contributed by atoms with E-state index in [4.69, 9.17) is 9.47 Å². The molecule has 5 heteroatoms. The maximum atomic E-state index is 12.5. The van der Waals surface area contributed by atoms with Crippen LogP contribution in [0.1, 0.15) is 22.8 Å². The fourth-order valence-electron chi connectivity index (χ4n) is 2.80. The maximum Gasteiger partial charge on any atom is 0.339 e. The van der Waals surface area contributed by atoms with Crippen LogP contribution in [0, 0.1) is 6.92 Å². The number of aryl methyl sites for hydroxylation is 1. The van der Waals surface area contributed by atoms with Crippen molar-refractivity contribution in [3.05, 3.63) is 71.8 Å². The first-order valence-electron chi connectivity index (χ1n) is 8.64. The second-order valence-corrected chi connectivity index (χ2v) is 6.25. The highest BCUT2D eigenvalue weighted by Gasteiger charge is 2.20. The summed E-state index contributed by atoms with van der Waals surface area (Å²) in [5, 5.41) is 4.78. The number of ether oxygens (including phenoxy) is 2. The largest absolute Gasteiger partial charge is 0.496 e. The first-order valence-corrected chi connectivity index (χ1v) is 8.64. The number of carbonyl (C=O) groups is 2. The Labute approximate surface area is 157 Å². The van der Waals surface area contributed by atoms with E-state index in [-0.39, 0.29) is 0 Å². The van der Waals surface area contributed by atoms with Gasteiger partial charge in [0.2, 0.25) is 0 Å². The van der Waals surface area contributed by atoms with E-state index in [0.717, 1.165) is 16.3 Å². The van der Waals surface area contributed by atoms with Crippen LogP contribution in [0.5, 0.6) is 5.75 Å². The molecule has 3 aromatic rings. The van der Waals surface area contributed by atoms with Gasteiger partial charge >= 0.3 is 5.97 Å². The Kier molecular flexibility index (Phi) is 5.41. The van der Waals surface area contributed by atoms with Crippen molar-refractivity contribution in [1.29, 1.82) is 0 Å². The number of esters is 1. The fourth-order valence-corrected chi connectivity index (χ4v) is 2.80. The molecule has 0 radical (unpaired) electrons. The molecule has 0 heterocycles. The van der Waals surface area contributed by atoms with Crippen molar-refractivity contribution in [1.82, 2.24) is 0 Å². The van der Waals surface area contributed by atoms with Gasteiger partial charge in [0, 0.05) is 11.1 Å². The van der Waals surface area contributed by atoms with E-state index in [1.165, 1.54) is 7.11 Å². The van der Waals surface area contributed by atoms with Gasteiger partial charge in [-0.1, -0.05) is 42.5 Å². The Bertz CT molecular complexity index is 991. The smallest absolute Gasteiger partial charge is 0.339 e. The van der Waals surface area contributed by atoms with Crippen molar-refractivity contribution in [3.63, 3.8) is 0 Å². The van der Waals surface area contributed by atoms with Gasteiger partial charge in [-0.15, -0.1) is 0 Å². The highest BCUT2D eigenvalue weighted by atomic mass is 16.5. The lowest BCUT2D eigenvalue weighted by Gasteiger charge is -2.15. The molecule has 1 N–H and O–H groups in total. The number of anilines is 1. The molecule has 3 rings (SSSR count). The first kappa shape index (κ1) is 18.5. The van der Waals surface area contributed by atoms with Crippen LogP contribution < -0.4 is 10.1 Å². The van der Waals surface area contributed by atoms with Crippen molar-refractivity contribution in [2.45, 2.75) is 20.0 Å². The highest BCUT2D eigenvalue weighted by Crippen LogP contribution is 2.23. The van der Waals surface area contributed by atoms with Gasteiger partial charge < -0.3 is 14.8 Å². The van der Waals surface area contributed by atoms with Gasteiger partial charge in [0.25, 0.3) is 5.91 Å². The molecule has 1 amide bonds. The third-order valence-electron chi connectivity index (χ3n) is 4.34. The molecule has 0 aromatic heterocycles. The van der Waals surface area contributed by atoms with Crippen molar-refractivity contribution in [2.24, 2.45) is 0 Å². The number of hydrogen-bond acceptors (Lipinski definition) is 4. The summed E-state index contributed by atoms with van der Waals surface area (Å²) in [7, 11) is 1.54. The Morgan fingerprint density at radius 3 is 2.52 bits per heavy atom. The predicted octanol–water partition coefficient (Wildman–Crippen LogP) is 4.34. The molecule has 0 aliphatic carbocycles. The van der Waals surface area contributed by atoms with Crippen LogP contribution in [0.3, 0.4) is 0 Å². The monoisotopic (exact) mass is 363 g/mol. The molecule has 0 saturated carbocycles. The summed E-state index contributed by atoms with van der Waals surface area (Å²) in [5.41, 5.74) is 1.93. The molecule has 0 spiro atoms. The van der Waals surface area contributed by atoms with Crippen LogP contribution in [0.4, 0.5) is 5.69 Å². The molecule has 5 nitrogen and oxygen atoms in total. The molecule has 0 aliphatic rings. The Hall–Kier alpha value is -3.34. The third-order valence-corrected chi connectivity index (χ3v) is 4.34. The summed E-state index contributed by atoms with van der Waals surface area (Å²) in [6.07, 6.45) is -0.941. The normalized spacial score (nSPS) is 11.7. The minimum atomic E-state index is -0.941. The SMILES string of the molecule is COc1cc(C(=O)O[C@@H](C)C(=O)Nc2cccc3ccccc23)ccc1C. The Morgan fingerprint density at radius 2 is 1.74 bits per heavy atom. The molecule has 1 atom stereocenters. The second kappa shape index (κ2) is 7.91. The molecule has 138 valence electrons. The van der Waals surface area contributed by atoms with Crippen LogP contribution in [-0.2, 0) is 9.53 Å². The quantitative estimate of drug-likeness (QED) is 0.685. The van der Waals surface area contributed by atoms with E-state index in [2.05, 4.69) is 5.32 Å². The number of benzene rings is 3. The number of nitrogens with one attached hydrogen (secondary N) is 1. The first-order chi connectivity index (χ1) is 13.0. The number of carbonyl (C=O) groups excluding carboxylic acids is 2. The van der Waals surface area contributed by atoms with E-state index in [1.54, 1.807) is 25.1 Å². The van der Waals surface area contributed by atoms with Gasteiger partial charge in [-0.3, -0.25) is 4.79 Å². The van der Waals surface area contributed by atoms with Gasteiger partial charge in [0.1, 0.15) is 5.75 Å². The minimum Gasteiger partial charge on any atom is -0.496 e. The van der Waals surface area contributed by atoms with Crippen molar-refractivity contribution in [2.75, 3.05) is 12.4 Å². The topological polar surface area (TPSA) is 64.6 Å². The molecule has 0 saturated heterocycles. The van der Waals surface area contributed by atoms with Crippen LogP contribution in [0.15, 0.2) is 60.7 Å². The maximum absolute atomic E-state index is 12.5. The van der Waals surface area contributed by atoms with E-state index in [1.807, 2.05) is 49.4 Å². The Balaban J connectivity index is 1.71. The lowest BCUT2D eigenvalue weighted by molar-refractivity contribution is -0.123. The van der Waals surface area contributed by atoms with Crippen LogP contribution >= 0.6 is 0 Å². The summed E-state index contributed by atoms with van der Waals surface area (Å²) >= 11 is 0. The van der Waals surface area contributed by atoms with Gasteiger partial charge in [-0.2, -0.15) is 0 Å². The van der Waals surface area contributed by atoms with Crippen molar-refractivity contribution >= 4 is 28.3 Å². The molecule has 0 unspecified atom stereocenters. The van der Waals surface area contributed by atoms with E-state index < -0.39 is 18.0 Å². The second-order valence-electron chi connectivity index (χ2n) is 6.25. The molecule has 0 aliphatic heterocycles.